The highest BCUT2D eigenvalue weighted by Crippen LogP contribution is 2.30. The van der Waals surface area contributed by atoms with Crippen LogP contribution in [-0.4, -0.2) is 73.2 Å². The van der Waals surface area contributed by atoms with E-state index in [0.29, 0.717) is 13.0 Å². The number of rotatable bonds is 5. The lowest BCUT2D eigenvalue weighted by molar-refractivity contribution is -0.166. The molecule has 3 aliphatic heterocycles. The first-order valence-electron chi connectivity index (χ1n) is 10.9. The van der Waals surface area contributed by atoms with Crippen LogP contribution in [0.2, 0.25) is 0 Å². The number of nitrogens with two attached hydrogens (primary N) is 2. The Hall–Kier alpha value is -0.980. The molecule has 11 heteroatoms. The molecule has 0 bridgehead atoms. The highest BCUT2D eigenvalue weighted by molar-refractivity contribution is 5.77. The summed E-state index contributed by atoms with van der Waals surface area (Å²) >= 11 is 0. The van der Waals surface area contributed by atoms with E-state index in [1.165, 1.54) is 0 Å². The van der Waals surface area contributed by atoms with Gasteiger partial charge in [0.2, 0.25) is 5.91 Å². The van der Waals surface area contributed by atoms with Crippen LogP contribution in [0.1, 0.15) is 39.5 Å². The first kappa shape index (κ1) is 23.7. The van der Waals surface area contributed by atoms with Gasteiger partial charge in [-0.25, -0.2) is 0 Å². The summed E-state index contributed by atoms with van der Waals surface area (Å²) in [6.45, 7) is 5.77. The number of halogens is 3. The van der Waals surface area contributed by atoms with Crippen molar-refractivity contribution >= 4 is 5.91 Å². The number of nitrogens with zero attached hydrogens (tertiary/aromatic N) is 1. The number of hydrogen-bond acceptors (Lipinski definition) is 7. The van der Waals surface area contributed by atoms with E-state index >= 15 is 0 Å². The fourth-order valence-corrected chi connectivity index (χ4v) is 4.80. The Morgan fingerprint density at radius 2 is 1.97 bits per heavy atom. The van der Waals surface area contributed by atoms with Gasteiger partial charge >= 0.3 is 6.18 Å². The Morgan fingerprint density at radius 3 is 2.57 bits per heavy atom. The molecule has 30 heavy (non-hydrogen) atoms. The summed E-state index contributed by atoms with van der Waals surface area (Å²) in [6, 6.07) is -2.12. The average molecular weight is 436 g/mol. The van der Waals surface area contributed by atoms with Crippen LogP contribution in [0, 0.1) is 11.8 Å². The Kier molecular flexibility index (Phi) is 7.62. The summed E-state index contributed by atoms with van der Waals surface area (Å²) in [5.41, 5.74) is 11.7. The third-order valence-corrected chi connectivity index (χ3v) is 6.58. The molecule has 3 rings (SSSR count). The van der Waals surface area contributed by atoms with Gasteiger partial charge in [0.15, 0.2) is 0 Å². The summed E-state index contributed by atoms with van der Waals surface area (Å²) in [5.74, 6) is -0.977. The standard InChI is InChI=1S/C19H36F3N7O/c1-10(2)14-6-12(7-15(27-14)19(20,21)22)26-17-13(16(24)30)8-25-18(28-17)29-5-3-4-11(23)9-29/h10-15,17-18,25-28H,3-9,23H2,1-2H3,(H2,24,30)/t11-,12?,13?,14?,15?,17?,18?/m0/s1. The van der Waals surface area contributed by atoms with Gasteiger partial charge in [-0.15, -0.1) is 0 Å². The number of nitrogens with one attached hydrogen (secondary N) is 4. The van der Waals surface area contributed by atoms with Crippen molar-refractivity contribution in [3.05, 3.63) is 0 Å². The smallest absolute Gasteiger partial charge is 0.369 e. The number of primary amides is 1. The van der Waals surface area contributed by atoms with Gasteiger partial charge in [0.1, 0.15) is 12.3 Å². The van der Waals surface area contributed by atoms with E-state index in [9.17, 15) is 18.0 Å². The molecule has 3 heterocycles. The van der Waals surface area contributed by atoms with Crippen LogP contribution in [-0.2, 0) is 4.79 Å². The fraction of sp³-hybridized carbons (Fsp3) is 0.947. The summed E-state index contributed by atoms with van der Waals surface area (Å²) in [4.78, 5) is 14.2. The van der Waals surface area contributed by atoms with Gasteiger partial charge in [0, 0.05) is 37.8 Å². The van der Waals surface area contributed by atoms with Gasteiger partial charge in [0.25, 0.3) is 0 Å². The number of hydrogen-bond donors (Lipinski definition) is 6. The topological polar surface area (TPSA) is 120 Å². The molecule has 8 nitrogen and oxygen atoms in total. The van der Waals surface area contributed by atoms with Gasteiger partial charge in [-0.3, -0.25) is 25.6 Å². The molecule has 7 atom stereocenters. The maximum atomic E-state index is 13.5. The third kappa shape index (κ3) is 5.83. The van der Waals surface area contributed by atoms with Crippen molar-refractivity contribution in [2.75, 3.05) is 19.6 Å². The van der Waals surface area contributed by atoms with E-state index in [1.807, 2.05) is 13.8 Å². The maximum absolute atomic E-state index is 13.5. The number of likely N-dealkylation sites (tertiary alicyclic amines) is 1. The minimum Gasteiger partial charge on any atom is -0.369 e. The van der Waals surface area contributed by atoms with Crippen LogP contribution in [0.3, 0.4) is 0 Å². The summed E-state index contributed by atoms with van der Waals surface area (Å²) < 4.78 is 40.4. The van der Waals surface area contributed by atoms with Crippen molar-refractivity contribution < 1.29 is 18.0 Å². The number of alkyl halides is 3. The van der Waals surface area contributed by atoms with Gasteiger partial charge in [-0.05, 0) is 31.6 Å². The van der Waals surface area contributed by atoms with Crippen molar-refractivity contribution in [3.8, 4) is 0 Å². The molecule has 8 N–H and O–H groups in total. The van der Waals surface area contributed by atoms with Gasteiger partial charge < -0.3 is 16.8 Å². The zero-order valence-corrected chi connectivity index (χ0v) is 17.7. The minimum atomic E-state index is -4.31. The quantitative estimate of drug-likeness (QED) is 0.348. The van der Waals surface area contributed by atoms with Crippen molar-refractivity contribution in [2.24, 2.45) is 23.3 Å². The fourth-order valence-electron chi connectivity index (χ4n) is 4.80. The van der Waals surface area contributed by atoms with Crippen LogP contribution < -0.4 is 32.7 Å². The monoisotopic (exact) mass is 435 g/mol. The third-order valence-electron chi connectivity index (χ3n) is 6.58. The summed E-state index contributed by atoms with van der Waals surface area (Å²) in [5, 5.41) is 12.7. The van der Waals surface area contributed by atoms with Crippen molar-refractivity contribution in [3.63, 3.8) is 0 Å². The van der Waals surface area contributed by atoms with Crippen LogP contribution in [0.5, 0.6) is 0 Å². The van der Waals surface area contributed by atoms with Crippen LogP contribution in [0.15, 0.2) is 0 Å². The largest absolute Gasteiger partial charge is 0.403 e. The molecule has 3 saturated heterocycles. The van der Waals surface area contributed by atoms with Crippen molar-refractivity contribution in [2.45, 2.75) is 82.3 Å². The minimum absolute atomic E-state index is 0.0648. The molecule has 0 aromatic heterocycles. The van der Waals surface area contributed by atoms with Crippen LogP contribution in [0.4, 0.5) is 13.2 Å². The van der Waals surface area contributed by atoms with E-state index in [4.69, 9.17) is 11.5 Å². The van der Waals surface area contributed by atoms with Crippen molar-refractivity contribution in [1.82, 2.24) is 26.2 Å². The molecule has 0 aliphatic carbocycles. The highest BCUT2D eigenvalue weighted by Gasteiger charge is 2.46. The van der Waals surface area contributed by atoms with Crippen molar-refractivity contribution in [1.29, 1.82) is 0 Å². The molecular formula is C19H36F3N7O. The SMILES string of the molecule is CC(C)C1CC(NC2NC(N3CCC[C@H](N)C3)NCC2C(N)=O)CC(C(F)(F)F)N1. The lowest BCUT2D eigenvalue weighted by Gasteiger charge is -2.47. The lowest BCUT2D eigenvalue weighted by atomic mass is 9.87. The number of carbonyl (C=O) groups is 1. The Morgan fingerprint density at radius 1 is 1.23 bits per heavy atom. The molecule has 0 aromatic carbocycles. The van der Waals surface area contributed by atoms with Crippen LogP contribution in [0.25, 0.3) is 0 Å². The molecular weight excluding hydrogens is 399 g/mol. The first-order chi connectivity index (χ1) is 14.0. The van der Waals surface area contributed by atoms with E-state index in [2.05, 4.69) is 26.2 Å². The number of carbonyl (C=O) groups excluding carboxylic acids is 1. The second kappa shape index (κ2) is 9.66. The molecule has 0 spiro atoms. The lowest BCUT2D eigenvalue weighted by Crippen LogP contribution is -2.73. The predicted octanol–water partition coefficient (Wildman–Crippen LogP) is -0.389. The molecule has 3 fully saturated rings. The molecule has 0 radical (unpaired) electrons. The zero-order chi connectivity index (χ0) is 22.1. The summed E-state index contributed by atoms with van der Waals surface area (Å²) in [6.07, 6.45) is -2.59. The van der Waals surface area contributed by atoms with Gasteiger partial charge in [0.05, 0.1) is 12.1 Å². The normalized spacial score (nSPS) is 39.2. The molecule has 6 unspecified atom stereocenters. The average Bonchev–Trinajstić information content (AvgIpc) is 2.66. The Balaban J connectivity index is 1.70. The predicted molar refractivity (Wildman–Crippen MR) is 108 cm³/mol. The van der Waals surface area contributed by atoms with E-state index in [0.717, 1.165) is 25.9 Å². The number of amides is 1. The highest BCUT2D eigenvalue weighted by atomic mass is 19.4. The van der Waals surface area contributed by atoms with E-state index < -0.39 is 30.2 Å². The van der Waals surface area contributed by atoms with E-state index in [1.54, 1.807) is 0 Å². The molecule has 174 valence electrons. The molecule has 0 saturated carbocycles. The zero-order valence-electron chi connectivity index (χ0n) is 17.7. The molecule has 3 aliphatic rings. The molecule has 0 aromatic rings. The van der Waals surface area contributed by atoms with Crippen LogP contribution >= 0.6 is 0 Å². The maximum Gasteiger partial charge on any atom is 0.403 e. The summed E-state index contributed by atoms with van der Waals surface area (Å²) in [7, 11) is 0. The number of piperidine rings is 2. The second-order valence-electron chi connectivity index (χ2n) is 9.31. The Labute approximate surface area is 176 Å². The molecule has 1 amide bonds. The Bertz CT molecular complexity index is 591. The van der Waals surface area contributed by atoms with Gasteiger partial charge in [-0.2, -0.15) is 13.2 Å². The first-order valence-corrected chi connectivity index (χ1v) is 10.9. The van der Waals surface area contributed by atoms with E-state index in [-0.39, 0.29) is 36.8 Å². The second-order valence-corrected chi connectivity index (χ2v) is 9.31. The van der Waals surface area contributed by atoms with Gasteiger partial charge in [-0.1, -0.05) is 13.8 Å².